The van der Waals surface area contributed by atoms with Crippen LogP contribution in [0.3, 0.4) is 0 Å². The van der Waals surface area contributed by atoms with Crippen LogP contribution in [0.4, 0.5) is 5.95 Å². The Hall–Kier alpha value is -2.18. The largest absolute Gasteiger partial charge is 0.370 e. The number of aromatic nitrogens is 2. The lowest BCUT2D eigenvalue weighted by Gasteiger charge is -2.29. The number of hydrogen-bond donors (Lipinski definition) is 0. The molecular weight excluding hydrogens is 358 g/mol. The number of fused-ring (bicyclic) bond motifs is 4. The molecule has 0 N–H and O–H groups in total. The molecule has 0 unspecified atom stereocenters. The third-order valence-corrected chi connectivity index (χ3v) is 6.66. The second-order valence-corrected chi connectivity index (χ2v) is 9.08. The summed E-state index contributed by atoms with van der Waals surface area (Å²) in [4.78, 5) is 22.4. The number of rotatable bonds is 3. The third kappa shape index (κ3) is 2.87. The van der Waals surface area contributed by atoms with E-state index in [4.69, 9.17) is 9.72 Å². The monoisotopic (exact) mass is 381 g/mol. The summed E-state index contributed by atoms with van der Waals surface area (Å²) in [6.07, 6.45) is 1.73. The topological polar surface area (TPSA) is 47.4 Å². The fourth-order valence-electron chi connectivity index (χ4n) is 4.10. The maximum Gasteiger partial charge on any atom is 0.264 e. The number of ether oxygens (including phenoxy) is 1. The van der Waals surface area contributed by atoms with E-state index in [1.807, 2.05) is 10.6 Å². The number of nitrogens with zero attached hydrogens (tertiary/aromatic N) is 3. The molecule has 5 nitrogen and oxygen atoms in total. The van der Waals surface area contributed by atoms with E-state index in [9.17, 15) is 4.79 Å². The Labute approximate surface area is 162 Å². The van der Waals surface area contributed by atoms with Gasteiger partial charge in [-0.25, -0.2) is 4.98 Å². The van der Waals surface area contributed by atoms with Crippen LogP contribution in [-0.2, 0) is 30.7 Å². The van der Waals surface area contributed by atoms with Gasteiger partial charge in [0.2, 0.25) is 5.95 Å². The van der Waals surface area contributed by atoms with Crippen molar-refractivity contribution in [2.75, 3.05) is 18.0 Å². The van der Waals surface area contributed by atoms with Crippen molar-refractivity contribution in [1.82, 2.24) is 9.55 Å². The van der Waals surface area contributed by atoms with Gasteiger partial charge in [0, 0.05) is 30.9 Å². The SMILES string of the molecule is CC1(C)Cc2c(sc3nc4n(c(=O)c23)CCN4CCc2ccccc2)CO1. The first-order valence-electron chi connectivity index (χ1n) is 9.50. The first-order valence-corrected chi connectivity index (χ1v) is 10.3. The molecule has 0 saturated heterocycles. The lowest BCUT2D eigenvalue weighted by molar-refractivity contribution is -0.0379. The van der Waals surface area contributed by atoms with Crippen molar-refractivity contribution >= 4 is 27.5 Å². The fraction of sp³-hybridized carbons (Fsp3) is 0.429. The zero-order valence-electron chi connectivity index (χ0n) is 15.7. The Balaban J connectivity index is 1.51. The zero-order valence-corrected chi connectivity index (χ0v) is 16.5. The highest BCUT2D eigenvalue weighted by Gasteiger charge is 2.32. The lowest BCUT2D eigenvalue weighted by atomic mass is 9.94. The molecule has 2 aromatic heterocycles. The van der Waals surface area contributed by atoms with E-state index in [0.29, 0.717) is 6.61 Å². The third-order valence-electron chi connectivity index (χ3n) is 5.56. The summed E-state index contributed by atoms with van der Waals surface area (Å²) in [6, 6.07) is 10.5. The number of anilines is 1. The standard InChI is InChI=1S/C21H23N3O2S/c1-21(2)12-15-16(13-26-21)27-18-17(15)19(25)24-11-10-23(20(24)22-18)9-8-14-6-4-3-5-7-14/h3-7H,8-13H2,1-2H3. The molecule has 2 aliphatic rings. The van der Waals surface area contributed by atoms with E-state index >= 15 is 0 Å². The Morgan fingerprint density at radius 3 is 2.85 bits per heavy atom. The predicted molar refractivity (Wildman–Crippen MR) is 109 cm³/mol. The molecule has 140 valence electrons. The second kappa shape index (κ2) is 6.17. The molecule has 0 atom stereocenters. The molecule has 0 spiro atoms. The van der Waals surface area contributed by atoms with Crippen LogP contribution < -0.4 is 10.5 Å². The van der Waals surface area contributed by atoms with Gasteiger partial charge < -0.3 is 9.64 Å². The summed E-state index contributed by atoms with van der Waals surface area (Å²) in [5.41, 5.74) is 2.36. The van der Waals surface area contributed by atoms with E-state index in [2.05, 4.69) is 43.0 Å². The van der Waals surface area contributed by atoms with Gasteiger partial charge in [0.15, 0.2) is 0 Å². The molecule has 4 heterocycles. The highest BCUT2D eigenvalue weighted by Crippen LogP contribution is 2.37. The molecule has 0 fully saturated rings. The van der Waals surface area contributed by atoms with Gasteiger partial charge in [-0.2, -0.15) is 0 Å². The predicted octanol–water partition coefficient (Wildman–Crippen LogP) is 3.37. The molecule has 2 aliphatic heterocycles. The summed E-state index contributed by atoms with van der Waals surface area (Å²) < 4.78 is 7.80. The van der Waals surface area contributed by atoms with E-state index in [0.717, 1.165) is 59.1 Å². The molecule has 5 rings (SSSR count). The molecule has 0 aliphatic carbocycles. The van der Waals surface area contributed by atoms with Crippen molar-refractivity contribution < 1.29 is 4.74 Å². The fourth-order valence-corrected chi connectivity index (χ4v) is 5.19. The minimum Gasteiger partial charge on any atom is -0.370 e. The molecule has 1 aromatic carbocycles. The molecule has 0 saturated carbocycles. The summed E-state index contributed by atoms with van der Waals surface area (Å²) in [5.74, 6) is 0.821. The van der Waals surface area contributed by atoms with Crippen molar-refractivity contribution in [3.63, 3.8) is 0 Å². The Bertz CT molecular complexity index is 1070. The molecule has 3 aromatic rings. The zero-order chi connectivity index (χ0) is 18.6. The van der Waals surface area contributed by atoms with Crippen molar-refractivity contribution in [3.05, 3.63) is 56.7 Å². The number of thiophene rings is 1. The van der Waals surface area contributed by atoms with Gasteiger partial charge in [0.1, 0.15) is 4.83 Å². The van der Waals surface area contributed by atoms with Crippen molar-refractivity contribution in [3.8, 4) is 0 Å². The number of hydrogen-bond acceptors (Lipinski definition) is 5. The van der Waals surface area contributed by atoms with Crippen LogP contribution in [0.25, 0.3) is 10.2 Å². The second-order valence-electron chi connectivity index (χ2n) is 8.00. The van der Waals surface area contributed by atoms with Crippen LogP contribution in [0.2, 0.25) is 0 Å². The van der Waals surface area contributed by atoms with Crippen LogP contribution in [0.1, 0.15) is 29.9 Å². The summed E-state index contributed by atoms with van der Waals surface area (Å²) in [6.45, 7) is 7.20. The van der Waals surface area contributed by atoms with Gasteiger partial charge in [-0.15, -0.1) is 11.3 Å². The molecule has 27 heavy (non-hydrogen) atoms. The van der Waals surface area contributed by atoms with Gasteiger partial charge in [0.05, 0.1) is 17.6 Å². The summed E-state index contributed by atoms with van der Waals surface area (Å²) in [7, 11) is 0. The number of benzene rings is 1. The van der Waals surface area contributed by atoms with Crippen LogP contribution in [0, 0.1) is 0 Å². The van der Waals surface area contributed by atoms with Crippen LogP contribution in [0.5, 0.6) is 0 Å². The summed E-state index contributed by atoms with van der Waals surface area (Å²) in [5, 5.41) is 0.819. The molecule has 0 amide bonds. The van der Waals surface area contributed by atoms with Crippen LogP contribution in [-0.4, -0.2) is 28.2 Å². The highest BCUT2D eigenvalue weighted by atomic mass is 32.1. The Kier molecular flexibility index (Phi) is 3.88. The highest BCUT2D eigenvalue weighted by molar-refractivity contribution is 7.18. The van der Waals surface area contributed by atoms with E-state index < -0.39 is 0 Å². The quantitative estimate of drug-likeness (QED) is 0.698. The van der Waals surface area contributed by atoms with Crippen molar-refractivity contribution in [1.29, 1.82) is 0 Å². The molecule has 0 radical (unpaired) electrons. The van der Waals surface area contributed by atoms with Gasteiger partial charge in [0.25, 0.3) is 5.56 Å². The normalized spacial score (nSPS) is 17.9. The van der Waals surface area contributed by atoms with E-state index in [1.54, 1.807) is 11.3 Å². The molecule has 0 bridgehead atoms. The van der Waals surface area contributed by atoms with Gasteiger partial charge in [-0.05, 0) is 31.4 Å². The van der Waals surface area contributed by atoms with Crippen molar-refractivity contribution in [2.45, 2.75) is 45.4 Å². The van der Waals surface area contributed by atoms with Gasteiger partial charge in [-0.3, -0.25) is 9.36 Å². The smallest absolute Gasteiger partial charge is 0.264 e. The first-order chi connectivity index (χ1) is 13.0. The molecular formula is C21H23N3O2S. The Morgan fingerprint density at radius 1 is 1.22 bits per heavy atom. The Morgan fingerprint density at radius 2 is 2.04 bits per heavy atom. The average molecular weight is 382 g/mol. The maximum atomic E-state index is 13.2. The summed E-state index contributed by atoms with van der Waals surface area (Å²) >= 11 is 1.62. The van der Waals surface area contributed by atoms with E-state index in [1.165, 1.54) is 5.56 Å². The van der Waals surface area contributed by atoms with Crippen LogP contribution >= 0.6 is 11.3 Å². The average Bonchev–Trinajstić information content (AvgIpc) is 3.21. The molecule has 6 heteroatoms. The maximum absolute atomic E-state index is 13.2. The van der Waals surface area contributed by atoms with Crippen LogP contribution in [0.15, 0.2) is 35.1 Å². The minimum absolute atomic E-state index is 0.118. The van der Waals surface area contributed by atoms with Gasteiger partial charge >= 0.3 is 0 Å². The van der Waals surface area contributed by atoms with Gasteiger partial charge in [-0.1, -0.05) is 30.3 Å². The van der Waals surface area contributed by atoms with E-state index in [-0.39, 0.29) is 11.2 Å². The minimum atomic E-state index is -0.223. The van der Waals surface area contributed by atoms with Crippen molar-refractivity contribution in [2.24, 2.45) is 0 Å². The lowest BCUT2D eigenvalue weighted by Crippen LogP contribution is -2.32. The first kappa shape index (κ1) is 17.0.